The van der Waals surface area contributed by atoms with Crippen molar-refractivity contribution in [1.29, 1.82) is 0 Å². The monoisotopic (exact) mass is 700 g/mol. The van der Waals surface area contributed by atoms with Crippen molar-refractivity contribution in [3.63, 3.8) is 0 Å². The lowest BCUT2D eigenvalue weighted by atomic mass is 9.87. The normalized spacial score (nSPS) is 12.4. The fraction of sp³-hybridized carbons (Fsp3) is 0.120. The summed E-state index contributed by atoms with van der Waals surface area (Å²) < 4.78 is 0. The average Bonchev–Trinajstić information content (AvgIpc) is 3.22. The molecule has 0 saturated heterocycles. The maximum Gasteiger partial charge on any atom is 0.161 e. The minimum Gasteiger partial charge on any atom is -0.261 e. The number of aromatic nitrogens is 1. The Hall–Kier alpha value is -6.52. The van der Waals surface area contributed by atoms with Gasteiger partial charge in [-0.3, -0.25) is 9.98 Å². The smallest absolute Gasteiger partial charge is 0.161 e. The first-order chi connectivity index (χ1) is 26.5. The predicted octanol–water partition coefficient (Wildman–Crippen LogP) is 12.9. The van der Waals surface area contributed by atoms with Gasteiger partial charge in [-0.25, -0.2) is 9.98 Å². The molecule has 6 aromatic carbocycles. The quantitative estimate of drug-likeness (QED) is 0.109. The second-order valence-electron chi connectivity index (χ2n) is 13.4. The van der Waals surface area contributed by atoms with E-state index in [4.69, 9.17) is 15.0 Å². The minimum absolute atomic E-state index is 0.492. The minimum atomic E-state index is 0.492. The van der Waals surface area contributed by atoms with E-state index in [1.165, 1.54) is 33.0 Å². The second kappa shape index (κ2) is 16.4. The van der Waals surface area contributed by atoms with E-state index in [0.717, 1.165) is 56.3 Å². The van der Waals surface area contributed by atoms with E-state index in [1.807, 2.05) is 60.8 Å². The van der Waals surface area contributed by atoms with Crippen LogP contribution in [-0.4, -0.2) is 23.4 Å². The molecule has 0 aliphatic carbocycles. The maximum atomic E-state index is 5.14. The topological polar surface area (TPSA) is 50.0 Å². The highest BCUT2D eigenvalue weighted by molar-refractivity contribution is 6.14. The molecule has 4 nitrogen and oxygen atoms in total. The third-order valence-electron chi connectivity index (χ3n) is 9.94. The van der Waals surface area contributed by atoms with Crippen LogP contribution in [0.3, 0.4) is 0 Å². The number of amidine groups is 2. The summed E-state index contributed by atoms with van der Waals surface area (Å²) in [4.78, 5) is 19.5. The van der Waals surface area contributed by atoms with Crippen LogP contribution >= 0.6 is 0 Å². The molecule has 0 amide bonds. The molecular weight excluding hydrogens is 657 g/mol. The van der Waals surface area contributed by atoms with Crippen molar-refractivity contribution in [1.82, 2.24) is 4.98 Å². The molecule has 0 spiro atoms. The summed E-state index contributed by atoms with van der Waals surface area (Å²) in [6.07, 6.45) is 11.7. The summed E-state index contributed by atoms with van der Waals surface area (Å²) in [7, 11) is 0. The zero-order valence-electron chi connectivity index (χ0n) is 31.4. The predicted molar refractivity (Wildman–Crippen MR) is 233 cm³/mol. The number of fused-ring (bicyclic) bond motifs is 2. The Morgan fingerprint density at radius 2 is 1.39 bits per heavy atom. The van der Waals surface area contributed by atoms with E-state index in [1.54, 1.807) is 0 Å². The van der Waals surface area contributed by atoms with Crippen LogP contribution in [0.1, 0.15) is 59.2 Å². The zero-order valence-corrected chi connectivity index (χ0v) is 31.4. The van der Waals surface area contributed by atoms with E-state index < -0.39 is 0 Å². The molecule has 7 rings (SSSR count). The van der Waals surface area contributed by atoms with Gasteiger partial charge in [0.25, 0.3) is 0 Å². The van der Waals surface area contributed by atoms with Gasteiger partial charge in [0.15, 0.2) is 11.7 Å². The standard InChI is InChI=1S/C50H44N4/c1-6-8-24-44-35(4)34(3)43(17-7-2)46-27-26-39(32-47(44)46)40-29-41(45-25-15-22-37-23-16-28-52-48(37)45)31-42(30-40)49(51-5)54-50(38-20-13-10-14-21-38)53-33-36-18-11-9-12-19-36/h7-32H,5-6,33H2,1-4H3/b17-7-,24-8-,53-50?,54-49?. The molecule has 264 valence electrons. The molecule has 0 radical (unpaired) electrons. The van der Waals surface area contributed by atoms with E-state index in [2.05, 4.69) is 137 Å². The first-order valence-corrected chi connectivity index (χ1v) is 18.5. The summed E-state index contributed by atoms with van der Waals surface area (Å²) in [5.41, 5.74) is 13.1. The van der Waals surface area contributed by atoms with Gasteiger partial charge in [-0.05, 0) is 120 Å². The van der Waals surface area contributed by atoms with Gasteiger partial charge in [0.1, 0.15) is 0 Å². The number of hydrogen-bond donors (Lipinski definition) is 0. The maximum absolute atomic E-state index is 5.14. The third kappa shape index (κ3) is 7.51. The van der Waals surface area contributed by atoms with Gasteiger partial charge in [-0.2, -0.15) is 0 Å². The lowest BCUT2D eigenvalue weighted by molar-refractivity contribution is 1.06. The van der Waals surface area contributed by atoms with Gasteiger partial charge in [0.05, 0.1) is 12.1 Å². The fourth-order valence-corrected chi connectivity index (χ4v) is 7.06. The molecular formula is C50H44N4. The lowest BCUT2D eigenvalue weighted by Gasteiger charge is -2.17. The Bertz CT molecular complexity index is 2590. The van der Waals surface area contributed by atoms with E-state index in [-0.39, 0.29) is 0 Å². The van der Waals surface area contributed by atoms with Crippen molar-refractivity contribution < 1.29 is 0 Å². The SMILES string of the molecule is C=NC(=NC(=NCc1ccccc1)c1ccccc1)c1cc(-c2ccc3c(/C=C\C)c(C)c(C)c(/C=C\CC)c3c2)cc(-c2cccc3cccnc23)c1. The highest BCUT2D eigenvalue weighted by atomic mass is 15.0. The largest absolute Gasteiger partial charge is 0.261 e. The number of hydrogen-bond acceptors (Lipinski definition) is 2. The van der Waals surface area contributed by atoms with Crippen LogP contribution in [0.2, 0.25) is 0 Å². The summed E-state index contributed by atoms with van der Waals surface area (Å²) in [5.74, 6) is 1.09. The molecule has 0 atom stereocenters. The molecule has 4 heteroatoms. The van der Waals surface area contributed by atoms with Gasteiger partial charge < -0.3 is 0 Å². The number of nitrogens with zero attached hydrogens (tertiary/aromatic N) is 4. The molecule has 54 heavy (non-hydrogen) atoms. The Labute approximate surface area is 318 Å². The van der Waals surface area contributed by atoms with Crippen molar-refractivity contribution in [2.24, 2.45) is 15.0 Å². The number of benzene rings is 6. The van der Waals surface area contributed by atoms with Crippen LogP contribution in [0, 0.1) is 13.8 Å². The number of rotatable bonds is 9. The van der Waals surface area contributed by atoms with Crippen LogP contribution < -0.4 is 0 Å². The molecule has 1 heterocycles. The number of aliphatic imine (C=N–C) groups is 3. The Morgan fingerprint density at radius 3 is 2.13 bits per heavy atom. The highest BCUT2D eigenvalue weighted by Gasteiger charge is 2.16. The first-order valence-electron chi connectivity index (χ1n) is 18.5. The number of allylic oxidation sites excluding steroid dienone is 2. The second-order valence-corrected chi connectivity index (χ2v) is 13.4. The van der Waals surface area contributed by atoms with Gasteiger partial charge in [0, 0.05) is 28.3 Å². The van der Waals surface area contributed by atoms with Crippen molar-refractivity contribution in [2.75, 3.05) is 0 Å². The van der Waals surface area contributed by atoms with Crippen LogP contribution in [0.15, 0.2) is 161 Å². The lowest BCUT2D eigenvalue weighted by Crippen LogP contribution is -2.06. The fourth-order valence-electron chi connectivity index (χ4n) is 7.06. The molecule has 0 N–H and O–H groups in total. The van der Waals surface area contributed by atoms with Gasteiger partial charge in [-0.1, -0.05) is 128 Å². The Morgan fingerprint density at radius 1 is 0.667 bits per heavy atom. The summed E-state index contributed by atoms with van der Waals surface area (Å²) in [6, 6.07) is 44.1. The van der Waals surface area contributed by atoms with Crippen molar-refractivity contribution in [2.45, 2.75) is 40.7 Å². The summed E-state index contributed by atoms with van der Waals surface area (Å²) in [6.45, 7) is 13.2. The van der Waals surface area contributed by atoms with Gasteiger partial charge >= 0.3 is 0 Å². The summed E-state index contributed by atoms with van der Waals surface area (Å²) >= 11 is 0. The first kappa shape index (κ1) is 35.9. The van der Waals surface area contributed by atoms with E-state index in [0.29, 0.717) is 18.2 Å². The van der Waals surface area contributed by atoms with Gasteiger partial charge in [-0.15, -0.1) is 0 Å². The molecule has 0 aliphatic heterocycles. The van der Waals surface area contributed by atoms with E-state index >= 15 is 0 Å². The molecule has 7 aromatic rings. The summed E-state index contributed by atoms with van der Waals surface area (Å²) in [5, 5.41) is 3.54. The average molecular weight is 701 g/mol. The Kier molecular flexibility index (Phi) is 10.9. The highest BCUT2D eigenvalue weighted by Crippen LogP contribution is 2.37. The number of pyridine rings is 1. The third-order valence-corrected chi connectivity index (χ3v) is 9.94. The zero-order chi connectivity index (χ0) is 37.4. The molecule has 0 saturated carbocycles. The molecule has 0 unspecified atom stereocenters. The molecule has 1 aromatic heterocycles. The number of para-hydroxylation sites is 1. The van der Waals surface area contributed by atoms with Gasteiger partial charge in [0.2, 0.25) is 0 Å². The van der Waals surface area contributed by atoms with Crippen molar-refractivity contribution >= 4 is 52.2 Å². The van der Waals surface area contributed by atoms with Crippen molar-refractivity contribution in [3.8, 4) is 22.3 Å². The van der Waals surface area contributed by atoms with Crippen LogP contribution in [0.4, 0.5) is 0 Å². The van der Waals surface area contributed by atoms with E-state index in [9.17, 15) is 0 Å². The molecule has 0 bridgehead atoms. The molecule has 0 fully saturated rings. The van der Waals surface area contributed by atoms with Crippen LogP contribution in [0.25, 0.3) is 56.1 Å². The van der Waals surface area contributed by atoms with Crippen molar-refractivity contribution in [3.05, 3.63) is 185 Å². The van der Waals surface area contributed by atoms with Crippen LogP contribution in [0.5, 0.6) is 0 Å². The van der Waals surface area contributed by atoms with Crippen LogP contribution in [-0.2, 0) is 6.54 Å². The Balaban J connectivity index is 1.47. The molecule has 0 aliphatic rings.